The Hall–Kier alpha value is -1.63. The molecule has 1 aromatic rings. The predicted octanol–water partition coefficient (Wildman–Crippen LogP) is 1.33. The highest BCUT2D eigenvalue weighted by Gasteiger charge is 2.33. The third kappa shape index (κ3) is 4.55. The molecule has 6 nitrogen and oxygen atoms in total. The lowest BCUT2D eigenvalue weighted by molar-refractivity contribution is -0.140. The van der Waals surface area contributed by atoms with Crippen molar-refractivity contribution >= 4 is 24.2 Å². The standard InChI is InChI=1S/C19H27N3O3.ClH/c1-3-15-4-6-16(7-5-15)18(23)21-9-11-22(12-10-21)19(24)17-14(2)25-13-8-20-17;/h4-7,14,17,20H,3,8-13H2,1-2H3;1H/t14-,17+;/m1./s1. The molecule has 26 heavy (non-hydrogen) atoms. The lowest BCUT2D eigenvalue weighted by Gasteiger charge is -2.38. The first kappa shape index (κ1) is 20.7. The average molecular weight is 382 g/mol. The molecule has 0 spiro atoms. The Bertz CT molecular complexity index is 615. The van der Waals surface area contributed by atoms with Crippen LogP contribution in [0.4, 0.5) is 0 Å². The fourth-order valence-corrected chi connectivity index (χ4v) is 3.40. The average Bonchev–Trinajstić information content (AvgIpc) is 2.67. The number of nitrogens with one attached hydrogen (secondary N) is 1. The summed E-state index contributed by atoms with van der Waals surface area (Å²) in [6.07, 6.45) is 0.852. The third-order valence-electron chi connectivity index (χ3n) is 5.07. The summed E-state index contributed by atoms with van der Waals surface area (Å²) in [4.78, 5) is 29.0. The SMILES string of the molecule is CCc1ccc(C(=O)N2CCN(C(=O)[C@H]3NCCO[C@@H]3C)CC2)cc1.Cl. The van der Waals surface area contributed by atoms with E-state index in [1.807, 2.05) is 41.0 Å². The first-order chi connectivity index (χ1) is 12.1. The van der Waals surface area contributed by atoms with E-state index in [1.165, 1.54) is 5.56 Å². The van der Waals surface area contributed by atoms with E-state index in [9.17, 15) is 9.59 Å². The molecule has 2 amide bonds. The number of nitrogens with zero attached hydrogens (tertiary/aromatic N) is 2. The Morgan fingerprint density at radius 1 is 1.12 bits per heavy atom. The number of carbonyl (C=O) groups excluding carboxylic acids is 2. The van der Waals surface area contributed by atoms with E-state index in [0.29, 0.717) is 44.9 Å². The second-order valence-corrected chi connectivity index (χ2v) is 6.68. The van der Waals surface area contributed by atoms with E-state index in [1.54, 1.807) is 0 Å². The molecule has 0 aliphatic carbocycles. The van der Waals surface area contributed by atoms with Gasteiger partial charge in [-0.05, 0) is 31.0 Å². The number of morpholine rings is 1. The highest BCUT2D eigenvalue weighted by atomic mass is 35.5. The van der Waals surface area contributed by atoms with Crippen molar-refractivity contribution < 1.29 is 14.3 Å². The van der Waals surface area contributed by atoms with Gasteiger partial charge in [0.25, 0.3) is 5.91 Å². The summed E-state index contributed by atoms with van der Waals surface area (Å²) < 4.78 is 5.56. The predicted molar refractivity (Wildman–Crippen MR) is 103 cm³/mol. The zero-order chi connectivity index (χ0) is 17.8. The van der Waals surface area contributed by atoms with Crippen molar-refractivity contribution in [3.63, 3.8) is 0 Å². The minimum Gasteiger partial charge on any atom is -0.375 e. The van der Waals surface area contributed by atoms with Crippen LogP contribution in [0.15, 0.2) is 24.3 Å². The number of hydrogen-bond acceptors (Lipinski definition) is 4. The zero-order valence-electron chi connectivity index (χ0n) is 15.4. The minimum atomic E-state index is -0.280. The number of aryl methyl sites for hydroxylation is 1. The molecule has 0 unspecified atom stereocenters. The molecule has 0 bridgehead atoms. The van der Waals surface area contributed by atoms with Gasteiger partial charge in [0.2, 0.25) is 5.91 Å². The van der Waals surface area contributed by atoms with Crippen LogP contribution in [0.25, 0.3) is 0 Å². The summed E-state index contributed by atoms with van der Waals surface area (Å²) in [5.74, 6) is 0.119. The molecule has 2 saturated heterocycles. The third-order valence-corrected chi connectivity index (χ3v) is 5.07. The van der Waals surface area contributed by atoms with Gasteiger partial charge in [0.15, 0.2) is 0 Å². The smallest absolute Gasteiger partial charge is 0.253 e. The monoisotopic (exact) mass is 381 g/mol. The van der Waals surface area contributed by atoms with Gasteiger partial charge in [-0.2, -0.15) is 0 Å². The summed E-state index contributed by atoms with van der Waals surface area (Å²) in [7, 11) is 0. The molecule has 7 heteroatoms. The molecular formula is C19H28ClN3O3. The number of piperazine rings is 1. The molecule has 2 aliphatic rings. The molecule has 2 atom stereocenters. The van der Waals surface area contributed by atoms with Crippen LogP contribution in [-0.2, 0) is 16.0 Å². The number of rotatable bonds is 3. The summed E-state index contributed by atoms with van der Waals surface area (Å²) in [5.41, 5.74) is 1.94. The van der Waals surface area contributed by atoms with E-state index in [4.69, 9.17) is 4.74 Å². The topological polar surface area (TPSA) is 61.9 Å². The van der Waals surface area contributed by atoms with E-state index >= 15 is 0 Å². The number of hydrogen-bond donors (Lipinski definition) is 1. The molecular weight excluding hydrogens is 354 g/mol. The molecule has 0 aromatic heterocycles. The van der Waals surface area contributed by atoms with Gasteiger partial charge in [0.05, 0.1) is 12.7 Å². The summed E-state index contributed by atoms with van der Waals surface area (Å²) in [5, 5.41) is 3.24. The molecule has 1 aromatic carbocycles. The van der Waals surface area contributed by atoms with Crippen molar-refractivity contribution in [2.24, 2.45) is 0 Å². The largest absolute Gasteiger partial charge is 0.375 e. The van der Waals surface area contributed by atoms with Crippen LogP contribution in [0.5, 0.6) is 0 Å². The van der Waals surface area contributed by atoms with E-state index in [0.717, 1.165) is 6.42 Å². The first-order valence-corrected chi connectivity index (χ1v) is 9.12. The molecule has 2 heterocycles. The van der Waals surface area contributed by atoms with Crippen LogP contribution < -0.4 is 5.32 Å². The van der Waals surface area contributed by atoms with Crippen molar-refractivity contribution in [1.29, 1.82) is 0 Å². The fourth-order valence-electron chi connectivity index (χ4n) is 3.40. The van der Waals surface area contributed by atoms with Crippen molar-refractivity contribution in [3.05, 3.63) is 35.4 Å². The van der Waals surface area contributed by atoms with Crippen LogP contribution in [0, 0.1) is 0 Å². The van der Waals surface area contributed by atoms with E-state index in [2.05, 4.69) is 12.2 Å². The maximum atomic E-state index is 12.7. The van der Waals surface area contributed by atoms with Gasteiger partial charge in [-0.25, -0.2) is 0 Å². The van der Waals surface area contributed by atoms with Gasteiger partial charge in [-0.3, -0.25) is 9.59 Å². The highest BCUT2D eigenvalue weighted by Crippen LogP contribution is 2.13. The van der Waals surface area contributed by atoms with Crippen LogP contribution in [0.2, 0.25) is 0 Å². The molecule has 1 N–H and O–H groups in total. The van der Waals surface area contributed by atoms with Crippen LogP contribution in [0.3, 0.4) is 0 Å². The maximum Gasteiger partial charge on any atom is 0.253 e. The van der Waals surface area contributed by atoms with Crippen LogP contribution in [0.1, 0.15) is 29.8 Å². The van der Waals surface area contributed by atoms with Crippen molar-refractivity contribution in [2.75, 3.05) is 39.3 Å². The van der Waals surface area contributed by atoms with Crippen molar-refractivity contribution in [2.45, 2.75) is 32.4 Å². The van der Waals surface area contributed by atoms with Gasteiger partial charge in [-0.15, -0.1) is 12.4 Å². The molecule has 3 rings (SSSR count). The van der Waals surface area contributed by atoms with Gasteiger partial charge in [0.1, 0.15) is 6.04 Å². The van der Waals surface area contributed by atoms with Gasteiger partial charge in [-0.1, -0.05) is 19.1 Å². The lowest BCUT2D eigenvalue weighted by Crippen LogP contribution is -2.60. The lowest BCUT2D eigenvalue weighted by atomic mass is 10.1. The molecule has 2 aliphatic heterocycles. The number of halogens is 1. The quantitative estimate of drug-likeness (QED) is 0.858. The molecule has 0 saturated carbocycles. The first-order valence-electron chi connectivity index (χ1n) is 9.12. The zero-order valence-corrected chi connectivity index (χ0v) is 16.3. The highest BCUT2D eigenvalue weighted by molar-refractivity contribution is 5.94. The summed E-state index contributed by atoms with van der Waals surface area (Å²) >= 11 is 0. The van der Waals surface area contributed by atoms with Gasteiger partial charge >= 0.3 is 0 Å². The van der Waals surface area contributed by atoms with Crippen molar-refractivity contribution in [3.8, 4) is 0 Å². The summed E-state index contributed by atoms with van der Waals surface area (Å²) in [6.45, 7) is 7.65. The number of benzene rings is 1. The Morgan fingerprint density at radius 2 is 1.73 bits per heavy atom. The molecule has 144 valence electrons. The van der Waals surface area contributed by atoms with Crippen molar-refractivity contribution in [1.82, 2.24) is 15.1 Å². The second-order valence-electron chi connectivity index (χ2n) is 6.68. The summed E-state index contributed by atoms with van der Waals surface area (Å²) in [6, 6.07) is 7.51. The van der Waals surface area contributed by atoms with Gasteiger partial charge < -0.3 is 19.9 Å². The van der Waals surface area contributed by atoms with E-state index < -0.39 is 0 Å². The Kier molecular flexibility index (Phi) is 7.43. The number of ether oxygens (including phenoxy) is 1. The normalized spacial score (nSPS) is 23.3. The van der Waals surface area contributed by atoms with E-state index in [-0.39, 0.29) is 36.4 Å². The van der Waals surface area contributed by atoms with Gasteiger partial charge in [0, 0.05) is 38.3 Å². The molecule has 2 fully saturated rings. The number of carbonyl (C=O) groups is 2. The maximum absolute atomic E-state index is 12.7. The number of amides is 2. The van der Waals surface area contributed by atoms with Crippen LogP contribution in [-0.4, -0.2) is 73.1 Å². The molecule has 0 radical (unpaired) electrons. The fraction of sp³-hybridized carbons (Fsp3) is 0.579. The minimum absolute atomic E-state index is 0. The Balaban J connectivity index is 0.00000243. The Labute approximate surface area is 161 Å². The second kappa shape index (κ2) is 9.35. The Morgan fingerprint density at radius 3 is 2.31 bits per heavy atom. The van der Waals surface area contributed by atoms with Crippen LogP contribution >= 0.6 is 12.4 Å².